The van der Waals surface area contributed by atoms with Gasteiger partial charge in [0.1, 0.15) is 5.69 Å². The molecule has 0 amide bonds. The van der Waals surface area contributed by atoms with Crippen LogP contribution >= 0.6 is 34.5 Å². The molecule has 0 saturated carbocycles. The predicted octanol–water partition coefficient (Wildman–Crippen LogP) is 3.51. The van der Waals surface area contributed by atoms with Gasteiger partial charge in [-0.1, -0.05) is 23.2 Å². The number of hydrogen-bond donors (Lipinski definition) is 0. The first kappa shape index (κ1) is 8.94. The summed E-state index contributed by atoms with van der Waals surface area (Å²) in [5, 5.41) is 10.7. The van der Waals surface area contributed by atoms with Gasteiger partial charge in [-0.25, -0.2) is 0 Å². The highest BCUT2D eigenvalue weighted by molar-refractivity contribution is 7.14. The first-order chi connectivity index (χ1) is 6.27. The Bertz CT molecular complexity index is 410. The molecule has 66 valence electrons. The highest BCUT2D eigenvalue weighted by atomic mass is 35.5. The zero-order valence-corrected chi connectivity index (χ0v) is 8.70. The van der Waals surface area contributed by atoms with E-state index in [9.17, 15) is 0 Å². The van der Waals surface area contributed by atoms with Crippen molar-refractivity contribution in [2.45, 2.75) is 0 Å². The van der Waals surface area contributed by atoms with Crippen molar-refractivity contribution in [3.05, 3.63) is 33.8 Å². The Labute approximate surface area is 89.1 Å². The van der Waals surface area contributed by atoms with Gasteiger partial charge in [0.25, 0.3) is 0 Å². The molecule has 0 aromatic carbocycles. The summed E-state index contributed by atoms with van der Waals surface area (Å²) in [6, 6.07) is 5.32. The highest BCUT2D eigenvalue weighted by Gasteiger charge is 2.06. The standard InChI is InChI=1S/C8H4Cl2N2S/c9-5-3-4-13-8(5)6-1-2-7(10)12-11-6/h1-4H. The third-order valence-electron chi connectivity index (χ3n) is 1.48. The molecular formula is C8H4Cl2N2S. The van der Waals surface area contributed by atoms with Crippen molar-refractivity contribution in [2.75, 3.05) is 0 Å². The largest absolute Gasteiger partial charge is 0.151 e. The Morgan fingerprint density at radius 2 is 1.92 bits per heavy atom. The molecule has 2 heterocycles. The van der Waals surface area contributed by atoms with Gasteiger partial charge in [-0.05, 0) is 23.6 Å². The van der Waals surface area contributed by atoms with Crippen molar-refractivity contribution >= 4 is 34.5 Å². The van der Waals surface area contributed by atoms with E-state index in [0.29, 0.717) is 10.2 Å². The molecule has 0 fully saturated rings. The van der Waals surface area contributed by atoms with E-state index in [-0.39, 0.29) is 0 Å². The van der Waals surface area contributed by atoms with E-state index in [2.05, 4.69) is 10.2 Å². The topological polar surface area (TPSA) is 25.8 Å². The molecule has 0 saturated heterocycles. The van der Waals surface area contributed by atoms with E-state index in [1.165, 1.54) is 11.3 Å². The van der Waals surface area contributed by atoms with Crippen LogP contribution in [0.4, 0.5) is 0 Å². The average molecular weight is 231 g/mol. The van der Waals surface area contributed by atoms with Crippen LogP contribution in [0.5, 0.6) is 0 Å². The quantitative estimate of drug-likeness (QED) is 0.750. The van der Waals surface area contributed by atoms with E-state index >= 15 is 0 Å². The van der Waals surface area contributed by atoms with Crippen molar-refractivity contribution < 1.29 is 0 Å². The van der Waals surface area contributed by atoms with Crippen LogP contribution in [0.1, 0.15) is 0 Å². The fourth-order valence-electron chi connectivity index (χ4n) is 0.914. The Balaban J connectivity index is 2.47. The summed E-state index contributed by atoms with van der Waals surface area (Å²) in [6.45, 7) is 0. The fraction of sp³-hybridized carbons (Fsp3) is 0. The number of hydrogen-bond acceptors (Lipinski definition) is 3. The second kappa shape index (κ2) is 3.62. The van der Waals surface area contributed by atoms with Gasteiger partial charge < -0.3 is 0 Å². The van der Waals surface area contributed by atoms with Crippen molar-refractivity contribution in [3.8, 4) is 10.6 Å². The molecule has 0 N–H and O–H groups in total. The van der Waals surface area contributed by atoms with Gasteiger partial charge >= 0.3 is 0 Å². The lowest BCUT2D eigenvalue weighted by Gasteiger charge is -1.95. The van der Waals surface area contributed by atoms with Crippen molar-refractivity contribution in [1.29, 1.82) is 0 Å². The lowest BCUT2D eigenvalue weighted by Crippen LogP contribution is -1.84. The molecule has 0 radical (unpaired) electrons. The summed E-state index contributed by atoms with van der Waals surface area (Å²) in [5.74, 6) is 0. The zero-order valence-electron chi connectivity index (χ0n) is 6.37. The summed E-state index contributed by atoms with van der Waals surface area (Å²) < 4.78 is 0. The second-order valence-corrected chi connectivity index (χ2v) is 4.05. The first-order valence-corrected chi connectivity index (χ1v) is 5.13. The number of aromatic nitrogens is 2. The maximum Gasteiger partial charge on any atom is 0.151 e. The molecule has 2 aromatic rings. The van der Waals surface area contributed by atoms with Crippen molar-refractivity contribution in [1.82, 2.24) is 10.2 Å². The molecule has 2 rings (SSSR count). The molecule has 0 aliphatic heterocycles. The maximum atomic E-state index is 5.92. The van der Waals surface area contributed by atoms with E-state index in [0.717, 1.165) is 10.6 Å². The molecular weight excluding hydrogens is 227 g/mol. The molecule has 0 bridgehead atoms. The Hall–Kier alpha value is -0.640. The normalized spacial score (nSPS) is 10.3. The number of rotatable bonds is 1. The minimum atomic E-state index is 0.386. The van der Waals surface area contributed by atoms with Gasteiger partial charge in [0.05, 0.1) is 9.90 Å². The molecule has 0 spiro atoms. The second-order valence-electron chi connectivity index (χ2n) is 2.34. The molecule has 0 aliphatic carbocycles. The summed E-state index contributed by atoms with van der Waals surface area (Å²) in [6.07, 6.45) is 0. The minimum absolute atomic E-state index is 0.386. The van der Waals surface area contributed by atoms with Crippen LogP contribution in [-0.4, -0.2) is 10.2 Å². The summed E-state index contributed by atoms with van der Waals surface area (Å²) >= 11 is 13.1. The average Bonchev–Trinajstić information content (AvgIpc) is 2.53. The zero-order chi connectivity index (χ0) is 9.26. The predicted molar refractivity (Wildman–Crippen MR) is 55.4 cm³/mol. The van der Waals surface area contributed by atoms with Crippen LogP contribution in [-0.2, 0) is 0 Å². The first-order valence-electron chi connectivity index (χ1n) is 3.50. The van der Waals surface area contributed by atoms with Gasteiger partial charge in [0, 0.05) is 0 Å². The molecule has 0 aliphatic rings. The SMILES string of the molecule is Clc1ccc(-c2sccc2Cl)nn1. The van der Waals surface area contributed by atoms with Crippen LogP contribution in [0.3, 0.4) is 0 Å². The van der Waals surface area contributed by atoms with Crippen LogP contribution in [0.15, 0.2) is 23.6 Å². The number of halogens is 2. The molecule has 2 aromatic heterocycles. The monoisotopic (exact) mass is 230 g/mol. The van der Waals surface area contributed by atoms with Crippen LogP contribution < -0.4 is 0 Å². The van der Waals surface area contributed by atoms with Gasteiger partial charge in [-0.15, -0.1) is 21.5 Å². The fourth-order valence-corrected chi connectivity index (χ4v) is 2.13. The summed E-state index contributed by atoms with van der Waals surface area (Å²) in [4.78, 5) is 0.922. The molecule has 0 atom stereocenters. The molecule has 0 unspecified atom stereocenters. The lowest BCUT2D eigenvalue weighted by atomic mass is 10.3. The highest BCUT2D eigenvalue weighted by Crippen LogP contribution is 2.31. The van der Waals surface area contributed by atoms with Crippen molar-refractivity contribution in [3.63, 3.8) is 0 Å². The summed E-state index contributed by atoms with van der Waals surface area (Å²) in [7, 11) is 0. The van der Waals surface area contributed by atoms with Crippen LogP contribution in [0.2, 0.25) is 10.2 Å². The maximum absolute atomic E-state index is 5.92. The minimum Gasteiger partial charge on any atom is -0.148 e. The Morgan fingerprint density at radius 1 is 1.08 bits per heavy atom. The van der Waals surface area contributed by atoms with Gasteiger partial charge in [-0.2, -0.15) is 0 Å². The van der Waals surface area contributed by atoms with Gasteiger partial charge in [-0.3, -0.25) is 0 Å². The molecule has 2 nitrogen and oxygen atoms in total. The van der Waals surface area contributed by atoms with E-state index in [4.69, 9.17) is 23.2 Å². The Morgan fingerprint density at radius 3 is 2.46 bits per heavy atom. The van der Waals surface area contributed by atoms with Crippen LogP contribution in [0.25, 0.3) is 10.6 Å². The van der Waals surface area contributed by atoms with Gasteiger partial charge in [0.15, 0.2) is 5.15 Å². The smallest absolute Gasteiger partial charge is 0.148 e. The third-order valence-corrected chi connectivity index (χ3v) is 3.05. The van der Waals surface area contributed by atoms with E-state index in [1.54, 1.807) is 12.1 Å². The Kier molecular flexibility index (Phi) is 2.49. The van der Waals surface area contributed by atoms with E-state index < -0.39 is 0 Å². The van der Waals surface area contributed by atoms with Crippen molar-refractivity contribution in [2.24, 2.45) is 0 Å². The van der Waals surface area contributed by atoms with Gasteiger partial charge in [0.2, 0.25) is 0 Å². The number of thiophene rings is 1. The van der Waals surface area contributed by atoms with E-state index in [1.807, 2.05) is 11.4 Å². The molecule has 13 heavy (non-hydrogen) atoms. The summed E-state index contributed by atoms with van der Waals surface area (Å²) in [5.41, 5.74) is 0.754. The third kappa shape index (κ3) is 1.82. The number of nitrogens with zero attached hydrogens (tertiary/aromatic N) is 2. The lowest BCUT2D eigenvalue weighted by molar-refractivity contribution is 1.04. The molecule has 5 heteroatoms. The van der Waals surface area contributed by atoms with Crippen LogP contribution in [0, 0.1) is 0 Å².